The van der Waals surface area contributed by atoms with Crippen molar-refractivity contribution in [3.05, 3.63) is 29.3 Å². The molecule has 1 atom stereocenters. The van der Waals surface area contributed by atoms with E-state index in [2.05, 4.69) is 0 Å². The Morgan fingerprint density at radius 1 is 1.47 bits per heavy atom. The number of benzene rings is 1. The van der Waals surface area contributed by atoms with Gasteiger partial charge in [0.2, 0.25) is 5.60 Å². The molecule has 1 aliphatic rings. The summed E-state index contributed by atoms with van der Waals surface area (Å²) in [6.07, 6.45) is 0.710. The molecule has 17 heavy (non-hydrogen) atoms. The number of carboxylic acids is 1. The molecule has 0 saturated carbocycles. The lowest BCUT2D eigenvalue weighted by Gasteiger charge is -2.21. The van der Waals surface area contributed by atoms with E-state index in [1.165, 1.54) is 6.92 Å². The Labute approximate surface area is 99.2 Å². The molecule has 4 nitrogen and oxygen atoms in total. The topological polar surface area (TPSA) is 63.6 Å². The number of fused-ring (bicyclic) bond motifs is 1. The molecule has 0 aliphatic carbocycles. The largest absolute Gasteiger partial charge is 0.478 e. The maximum atomic E-state index is 11.3. The van der Waals surface area contributed by atoms with Gasteiger partial charge in [-0.15, -0.1) is 0 Å². The van der Waals surface area contributed by atoms with Crippen LogP contribution in [0.3, 0.4) is 0 Å². The zero-order chi connectivity index (χ0) is 12.6. The minimum Gasteiger partial charge on any atom is -0.478 e. The fourth-order valence-electron chi connectivity index (χ4n) is 2.06. The number of carbonyl (C=O) groups is 2. The van der Waals surface area contributed by atoms with E-state index >= 15 is 0 Å². The summed E-state index contributed by atoms with van der Waals surface area (Å²) in [7, 11) is 0. The number of aliphatic carboxylic acids is 1. The summed E-state index contributed by atoms with van der Waals surface area (Å²) in [6.45, 7) is 3.27. The van der Waals surface area contributed by atoms with E-state index in [-0.39, 0.29) is 5.78 Å². The van der Waals surface area contributed by atoms with E-state index in [9.17, 15) is 14.7 Å². The second-order valence-corrected chi connectivity index (χ2v) is 4.31. The Bertz CT molecular complexity index is 492. The maximum Gasteiger partial charge on any atom is 0.348 e. The van der Waals surface area contributed by atoms with Crippen molar-refractivity contribution in [2.24, 2.45) is 0 Å². The van der Waals surface area contributed by atoms with Crippen LogP contribution in [0.15, 0.2) is 18.2 Å². The first-order chi connectivity index (χ1) is 7.98. The fraction of sp³-hybridized carbons (Fsp3) is 0.385. The van der Waals surface area contributed by atoms with Gasteiger partial charge in [0.1, 0.15) is 5.75 Å². The standard InChI is InChI=1S/C13H14O4/c1-3-13(12(15)16)7-10-6-9(8(2)14)4-5-11(10)17-13/h4-6H,3,7H2,1-2H3,(H,15,16)/t13-/m0/s1. The van der Waals surface area contributed by atoms with E-state index in [0.717, 1.165) is 5.56 Å². The summed E-state index contributed by atoms with van der Waals surface area (Å²) >= 11 is 0. The molecule has 2 rings (SSSR count). The summed E-state index contributed by atoms with van der Waals surface area (Å²) < 4.78 is 5.53. The summed E-state index contributed by atoms with van der Waals surface area (Å²) in [4.78, 5) is 22.5. The molecule has 0 radical (unpaired) electrons. The zero-order valence-electron chi connectivity index (χ0n) is 9.82. The highest BCUT2D eigenvalue weighted by Crippen LogP contribution is 2.37. The quantitative estimate of drug-likeness (QED) is 0.813. The van der Waals surface area contributed by atoms with Crippen LogP contribution in [-0.4, -0.2) is 22.5 Å². The average Bonchev–Trinajstić information content (AvgIpc) is 2.67. The third kappa shape index (κ3) is 1.79. The van der Waals surface area contributed by atoms with Crippen LogP contribution in [0.2, 0.25) is 0 Å². The predicted octanol–water partition coefficient (Wildman–Crippen LogP) is 2.06. The number of rotatable bonds is 3. The second kappa shape index (κ2) is 3.87. The molecule has 1 aromatic carbocycles. The van der Waals surface area contributed by atoms with Gasteiger partial charge in [0.05, 0.1) is 0 Å². The van der Waals surface area contributed by atoms with Crippen molar-refractivity contribution in [1.82, 2.24) is 0 Å². The molecule has 0 fully saturated rings. The number of Topliss-reactive ketones (excluding diaryl/α,β-unsaturated/α-hetero) is 1. The van der Waals surface area contributed by atoms with Gasteiger partial charge in [-0.2, -0.15) is 0 Å². The Kier molecular flexibility index (Phi) is 2.65. The molecule has 1 aliphatic heterocycles. The van der Waals surface area contributed by atoms with Crippen molar-refractivity contribution >= 4 is 11.8 Å². The molecule has 0 spiro atoms. The minimum absolute atomic E-state index is 0.0304. The SMILES string of the molecule is CC[C@@]1(C(=O)O)Cc2cc(C(C)=O)ccc2O1. The van der Waals surface area contributed by atoms with Gasteiger partial charge in [-0.05, 0) is 37.1 Å². The second-order valence-electron chi connectivity index (χ2n) is 4.31. The molecule has 0 aromatic heterocycles. The van der Waals surface area contributed by atoms with Gasteiger partial charge in [0.15, 0.2) is 5.78 Å². The first-order valence-electron chi connectivity index (χ1n) is 5.55. The van der Waals surface area contributed by atoms with Crippen LogP contribution < -0.4 is 4.74 Å². The monoisotopic (exact) mass is 234 g/mol. The van der Waals surface area contributed by atoms with Crippen molar-refractivity contribution in [2.75, 3.05) is 0 Å². The number of ether oxygens (including phenoxy) is 1. The summed E-state index contributed by atoms with van der Waals surface area (Å²) in [5, 5.41) is 9.22. The molecule has 4 heteroatoms. The van der Waals surface area contributed by atoms with Crippen LogP contribution in [0.25, 0.3) is 0 Å². The Morgan fingerprint density at radius 3 is 2.71 bits per heavy atom. The van der Waals surface area contributed by atoms with Gasteiger partial charge in [-0.25, -0.2) is 4.79 Å². The van der Waals surface area contributed by atoms with Crippen LogP contribution in [0.4, 0.5) is 0 Å². The van der Waals surface area contributed by atoms with Crippen LogP contribution >= 0.6 is 0 Å². The molecular formula is C13H14O4. The van der Waals surface area contributed by atoms with Crippen molar-refractivity contribution in [3.63, 3.8) is 0 Å². The summed E-state index contributed by atoms with van der Waals surface area (Å²) in [6, 6.07) is 5.05. The molecule has 0 amide bonds. The van der Waals surface area contributed by atoms with Gasteiger partial charge in [-0.3, -0.25) is 4.79 Å². The third-order valence-corrected chi connectivity index (χ3v) is 3.21. The van der Waals surface area contributed by atoms with Crippen molar-refractivity contribution in [2.45, 2.75) is 32.3 Å². The summed E-state index contributed by atoms with van der Waals surface area (Å²) in [5.41, 5.74) is 0.212. The van der Waals surface area contributed by atoms with Crippen molar-refractivity contribution in [1.29, 1.82) is 0 Å². The number of carboxylic acid groups (broad SMARTS) is 1. The fourth-order valence-corrected chi connectivity index (χ4v) is 2.06. The molecule has 1 heterocycles. The lowest BCUT2D eigenvalue weighted by atomic mass is 9.93. The highest BCUT2D eigenvalue weighted by atomic mass is 16.5. The van der Waals surface area contributed by atoms with Gasteiger partial charge < -0.3 is 9.84 Å². The Hall–Kier alpha value is -1.84. The number of hydrogen-bond acceptors (Lipinski definition) is 3. The van der Waals surface area contributed by atoms with Crippen molar-refractivity contribution in [3.8, 4) is 5.75 Å². The van der Waals surface area contributed by atoms with Crippen molar-refractivity contribution < 1.29 is 19.4 Å². The predicted molar refractivity (Wildman–Crippen MR) is 61.4 cm³/mol. The highest BCUT2D eigenvalue weighted by molar-refractivity contribution is 5.94. The third-order valence-electron chi connectivity index (χ3n) is 3.21. The number of hydrogen-bond donors (Lipinski definition) is 1. The zero-order valence-corrected chi connectivity index (χ0v) is 9.82. The molecule has 90 valence electrons. The first kappa shape index (κ1) is 11.6. The van der Waals surface area contributed by atoms with E-state index in [4.69, 9.17) is 4.74 Å². The normalized spacial score (nSPS) is 21.8. The first-order valence-corrected chi connectivity index (χ1v) is 5.55. The van der Waals surface area contributed by atoms with Crippen LogP contribution in [0.5, 0.6) is 5.75 Å². The summed E-state index contributed by atoms with van der Waals surface area (Å²) in [5.74, 6) is -0.419. The van der Waals surface area contributed by atoms with Gasteiger partial charge in [0.25, 0.3) is 0 Å². The lowest BCUT2D eigenvalue weighted by molar-refractivity contribution is -0.154. The van der Waals surface area contributed by atoms with Crippen LogP contribution in [0, 0.1) is 0 Å². The molecular weight excluding hydrogens is 220 g/mol. The van der Waals surface area contributed by atoms with Gasteiger partial charge in [-0.1, -0.05) is 6.92 Å². The number of ketones is 1. The Morgan fingerprint density at radius 2 is 2.18 bits per heavy atom. The lowest BCUT2D eigenvalue weighted by Crippen LogP contribution is -2.42. The molecule has 0 saturated heterocycles. The van der Waals surface area contributed by atoms with Crippen LogP contribution in [0.1, 0.15) is 36.2 Å². The van der Waals surface area contributed by atoms with E-state index in [1.807, 2.05) is 0 Å². The van der Waals surface area contributed by atoms with Crippen LogP contribution in [-0.2, 0) is 11.2 Å². The smallest absolute Gasteiger partial charge is 0.348 e. The van der Waals surface area contributed by atoms with Gasteiger partial charge >= 0.3 is 5.97 Å². The molecule has 0 unspecified atom stereocenters. The van der Waals surface area contributed by atoms with E-state index < -0.39 is 11.6 Å². The molecule has 0 bridgehead atoms. The molecule has 1 aromatic rings. The maximum absolute atomic E-state index is 11.3. The van der Waals surface area contributed by atoms with E-state index in [0.29, 0.717) is 24.2 Å². The van der Waals surface area contributed by atoms with E-state index in [1.54, 1.807) is 25.1 Å². The highest BCUT2D eigenvalue weighted by Gasteiger charge is 2.45. The minimum atomic E-state index is -1.17. The number of carbonyl (C=O) groups excluding carboxylic acids is 1. The Balaban J connectivity index is 2.39. The van der Waals surface area contributed by atoms with Gasteiger partial charge in [0, 0.05) is 12.0 Å². The molecule has 1 N–H and O–H groups in total. The average molecular weight is 234 g/mol.